The van der Waals surface area contributed by atoms with E-state index < -0.39 is 10.0 Å². The Balaban J connectivity index is 1.46. The Bertz CT molecular complexity index is 1060. The molecule has 0 bridgehead atoms. The summed E-state index contributed by atoms with van der Waals surface area (Å²) in [6, 6.07) is 9.37. The summed E-state index contributed by atoms with van der Waals surface area (Å²) < 4.78 is 39.1. The smallest absolute Gasteiger partial charge is 0.253 e. The first-order chi connectivity index (χ1) is 13.9. The number of hydrogen-bond acceptors (Lipinski definition) is 7. The minimum atomic E-state index is -3.64. The summed E-state index contributed by atoms with van der Waals surface area (Å²) in [5.74, 6) is 1.37. The lowest BCUT2D eigenvalue weighted by Gasteiger charge is -2.30. The van der Waals surface area contributed by atoms with E-state index in [2.05, 4.69) is 20.4 Å². The zero-order valence-corrected chi connectivity index (χ0v) is 17.1. The maximum atomic E-state index is 13.1. The molecule has 1 N–H and O–H groups in total. The van der Waals surface area contributed by atoms with E-state index in [4.69, 9.17) is 9.15 Å². The van der Waals surface area contributed by atoms with Crippen molar-refractivity contribution in [2.24, 2.45) is 0 Å². The van der Waals surface area contributed by atoms with Gasteiger partial charge in [-0.2, -0.15) is 9.40 Å². The van der Waals surface area contributed by atoms with Crippen LogP contribution >= 0.6 is 0 Å². The van der Waals surface area contributed by atoms with Gasteiger partial charge in [0, 0.05) is 13.1 Å². The molecule has 9 nitrogen and oxygen atoms in total. The summed E-state index contributed by atoms with van der Waals surface area (Å²) >= 11 is 0. The van der Waals surface area contributed by atoms with Gasteiger partial charge < -0.3 is 9.15 Å². The number of sulfonamides is 1. The normalized spacial score (nSPS) is 18.1. The van der Waals surface area contributed by atoms with Crippen molar-refractivity contribution in [1.82, 2.24) is 24.7 Å². The molecule has 1 fully saturated rings. The van der Waals surface area contributed by atoms with Crippen LogP contribution < -0.4 is 4.74 Å². The second kappa shape index (κ2) is 7.96. The topological polar surface area (TPSA) is 114 Å². The van der Waals surface area contributed by atoms with Crippen molar-refractivity contribution in [2.45, 2.75) is 44.1 Å². The van der Waals surface area contributed by atoms with E-state index in [1.165, 1.54) is 4.31 Å². The Morgan fingerprint density at radius 2 is 2.03 bits per heavy atom. The van der Waals surface area contributed by atoms with Gasteiger partial charge in [0.1, 0.15) is 10.6 Å². The van der Waals surface area contributed by atoms with Crippen LogP contribution in [0.25, 0.3) is 0 Å². The Labute approximate surface area is 169 Å². The van der Waals surface area contributed by atoms with Gasteiger partial charge in [0.25, 0.3) is 5.89 Å². The molecule has 1 aliphatic heterocycles. The van der Waals surface area contributed by atoms with Crippen LogP contribution in [0.1, 0.15) is 41.9 Å². The lowest BCUT2D eigenvalue weighted by molar-refractivity contribution is 0.243. The maximum absolute atomic E-state index is 13.1. The molecule has 10 heteroatoms. The third-order valence-electron chi connectivity index (χ3n) is 4.98. The molecule has 1 unspecified atom stereocenters. The number of rotatable bonds is 6. The van der Waals surface area contributed by atoms with Crippen molar-refractivity contribution in [3.63, 3.8) is 0 Å². The highest BCUT2D eigenvalue weighted by molar-refractivity contribution is 7.89. The van der Waals surface area contributed by atoms with E-state index in [0.717, 1.165) is 12.8 Å². The third-order valence-corrected chi connectivity index (χ3v) is 7.11. The van der Waals surface area contributed by atoms with Crippen molar-refractivity contribution in [3.05, 3.63) is 53.5 Å². The summed E-state index contributed by atoms with van der Waals surface area (Å²) in [4.78, 5) is 0.251. The van der Waals surface area contributed by atoms with E-state index in [-0.39, 0.29) is 17.4 Å². The fraction of sp³-hybridized carbons (Fsp3) is 0.421. The molecule has 0 spiro atoms. The Morgan fingerprint density at radius 1 is 1.24 bits per heavy atom. The minimum Gasteiger partial charge on any atom is -0.484 e. The number of aromatic amines is 1. The average molecular weight is 417 g/mol. The van der Waals surface area contributed by atoms with Gasteiger partial charge >= 0.3 is 0 Å². The molecular weight excluding hydrogens is 394 g/mol. The number of benzene rings is 1. The Kier molecular flexibility index (Phi) is 5.37. The van der Waals surface area contributed by atoms with Gasteiger partial charge in [0.2, 0.25) is 15.9 Å². The van der Waals surface area contributed by atoms with Gasteiger partial charge in [0.05, 0.1) is 17.3 Å². The fourth-order valence-electron chi connectivity index (χ4n) is 3.56. The molecule has 29 heavy (non-hydrogen) atoms. The molecule has 2 aromatic heterocycles. The second-order valence-corrected chi connectivity index (χ2v) is 8.98. The predicted octanol–water partition coefficient (Wildman–Crippen LogP) is 2.56. The second-order valence-electron chi connectivity index (χ2n) is 7.10. The van der Waals surface area contributed by atoms with Crippen LogP contribution in [0.5, 0.6) is 5.75 Å². The highest BCUT2D eigenvalue weighted by atomic mass is 32.2. The van der Waals surface area contributed by atoms with Crippen LogP contribution in [0.15, 0.2) is 39.6 Å². The quantitative estimate of drug-likeness (QED) is 0.655. The van der Waals surface area contributed by atoms with Gasteiger partial charge in [-0.1, -0.05) is 18.2 Å². The van der Waals surface area contributed by atoms with Gasteiger partial charge in [-0.15, -0.1) is 10.2 Å². The van der Waals surface area contributed by atoms with E-state index in [1.807, 2.05) is 30.3 Å². The number of hydrogen-bond donors (Lipinski definition) is 1. The van der Waals surface area contributed by atoms with Gasteiger partial charge in [-0.25, -0.2) is 8.42 Å². The van der Waals surface area contributed by atoms with Crippen LogP contribution in [-0.2, 0) is 16.6 Å². The molecule has 1 aliphatic rings. The number of nitrogens with one attached hydrogen (secondary N) is 1. The molecule has 0 amide bonds. The SMILES string of the molecule is Cc1n[nH]c(C)c1S(=O)(=O)N1CCCC(c2nnc(COc3ccccc3)o2)C1. The monoisotopic (exact) mass is 417 g/mol. The number of para-hydroxylation sites is 1. The van der Waals surface area contributed by atoms with E-state index in [0.29, 0.717) is 42.0 Å². The van der Waals surface area contributed by atoms with Gasteiger partial charge in [-0.3, -0.25) is 5.10 Å². The van der Waals surface area contributed by atoms with Crippen molar-refractivity contribution in [3.8, 4) is 5.75 Å². The third kappa shape index (κ3) is 4.03. The van der Waals surface area contributed by atoms with Crippen LogP contribution in [0.3, 0.4) is 0 Å². The van der Waals surface area contributed by atoms with Gasteiger partial charge in [-0.05, 0) is 38.8 Å². The van der Waals surface area contributed by atoms with Gasteiger partial charge in [0.15, 0.2) is 6.61 Å². The summed E-state index contributed by atoms with van der Waals surface area (Å²) in [5, 5.41) is 14.9. The molecule has 4 rings (SSSR count). The minimum absolute atomic E-state index is 0.149. The zero-order valence-electron chi connectivity index (χ0n) is 16.3. The molecule has 3 aromatic rings. The van der Waals surface area contributed by atoms with Crippen molar-refractivity contribution >= 4 is 10.0 Å². The number of H-pyrrole nitrogens is 1. The van der Waals surface area contributed by atoms with Crippen molar-refractivity contribution < 1.29 is 17.6 Å². The first-order valence-corrected chi connectivity index (χ1v) is 10.9. The van der Waals surface area contributed by atoms with Crippen LogP contribution in [-0.4, -0.2) is 46.2 Å². The Morgan fingerprint density at radius 3 is 2.76 bits per heavy atom. The molecule has 1 saturated heterocycles. The molecule has 154 valence electrons. The largest absolute Gasteiger partial charge is 0.484 e. The van der Waals surface area contributed by atoms with Crippen LogP contribution in [0, 0.1) is 13.8 Å². The molecular formula is C19H23N5O4S. The van der Waals surface area contributed by atoms with Crippen molar-refractivity contribution in [2.75, 3.05) is 13.1 Å². The molecule has 0 radical (unpaired) electrons. The highest BCUT2D eigenvalue weighted by Gasteiger charge is 2.35. The lowest BCUT2D eigenvalue weighted by Crippen LogP contribution is -2.39. The molecule has 3 heterocycles. The van der Waals surface area contributed by atoms with Crippen LogP contribution in [0.4, 0.5) is 0 Å². The standard InChI is InChI=1S/C19H23N5O4S/c1-13-18(14(2)21-20-13)29(25,26)24-10-6-7-15(11-24)19-23-22-17(28-19)12-27-16-8-4-3-5-9-16/h3-5,8-9,15H,6-7,10-12H2,1-2H3,(H,20,21). The zero-order chi connectivity index (χ0) is 20.4. The number of aromatic nitrogens is 4. The first-order valence-electron chi connectivity index (χ1n) is 9.47. The summed E-state index contributed by atoms with van der Waals surface area (Å²) in [5.41, 5.74) is 1.02. The first kappa shape index (κ1) is 19.6. The molecule has 0 aliphatic carbocycles. The molecule has 1 atom stereocenters. The van der Waals surface area contributed by atoms with Crippen LogP contribution in [0.2, 0.25) is 0 Å². The van der Waals surface area contributed by atoms with E-state index in [9.17, 15) is 8.42 Å². The highest BCUT2D eigenvalue weighted by Crippen LogP contribution is 2.31. The number of aryl methyl sites for hydroxylation is 2. The number of ether oxygens (including phenoxy) is 1. The summed E-state index contributed by atoms with van der Waals surface area (Å²) in [7, 11) is -3.64. The summed E-state index contributed by atoms with van der Waals surface area (Å²) in [6.45, 7) is 4.33. The Hall–Kier alpha value is -2.72. The lowest BCUT2D eigenvalue weighted by atomic mass is 10.00. The maximum Gasteiger partial charge on any atom is 0.253 e. The van der Waals surface area contributed by atoms with Crippen molar-refractivity contribution in [1.29, 1.82) is 0 Å². The average Bonchev–Trinajstić information content (AvgIpc) is 3.34. The summed E-state index contributed by atoms with van der Waals surface area (Å²) in [6.07, 6.45) is 1.51. The molecule has 0 saturated carbocycles. The number of piperidine rings is 1. The predicted molar refractivity (Wildman–Crippen MR) is 104 cm³/mol. The van der Waals surface area contributed by atoms with E-state index in [1.54, 1.807) is 13.8 Å². The molecule has 1 aromatic carbocycles. The van der Waals surface area contributed by atoms with E-state index >= 15 is 0 Å². The fourth-order valence-corrected chi connectivity index (χ4v) is 5.42. The number of nitrogens with zero attached hydrogens (tertiary/aromatic N) is 4.